The van der Waals surface area contributed by atoms with Crippen LogP contribution in [-0.2, 0) is 6.54 Å². The molecule has 1 heterocycles. The van der Waals surface area contributed by atoms with Gasteiger partial charge in [0.25, 0.3) is 0 Å². The van der Waals surface area contributed by atoms with Gasteiger partial charge in [-0.25, -0.2) is 0 Å². The first kappa shape index (κ1) is 10.7. The lowest BCUT2D eigenvalue weighted by atomic mass is 9.66. The Morgan fingerprint density at radius 3 is 2.87 bits per heavy atom. The quantitative estimate of drug-likeness (QED) is 0.774. The van der Waals surface area contributed by atoms with E-state index in [9.17, 15) is 0 Å². The summed E-state index contributed by atoms with van der Waals surface area (Å²) in [6.07, 6.45) is 10.5. The first-order valence-corrected chi connectivity index (χ1v) is 6.06. The molecule has 2 nitrogen and oxygen atoms in total. The maximum Gasteiger partial charge on any atom is 0.0947 e. The van der Waals surface area contributed by atoms with Gasteiger partial charge in [-0.1, -0.05) is 19.8 Å². The minimum atomic E-state index is 0.623. The molecule has 2 rings (SSSR count). The Morgan fingerprint density at radius 2 is 2.33 bits per heavy atom. The first-order chi connectivity index (χ1) is 7.35. The fourth-order valence-electron chi connectivity index (χ4n) is 2.59. The SMILES string of the molecule is CCCC1(CNCc2ccoc2)CCC1. The van der Waals surface area contributed by atoms with Gasteiger partial charge in [-0.15, -0.1) is 0 Å². The fourth-order valence-corrected chi connectivity index (χ4v) is 2.59. The topological polar surface area (TPSA) is 25.2 Å². The zero-order valence-corrected chi connectivity index (χ0v) is 9.59. The minimum Gasteiger partial charge on any atom is -0.472 e. The van der Waals surface area contributed by atoms with E-state index in [1.165, 1.54) is 44.2 Å². The van der Waals surface area contributed by atoms with Crippen LogP contribution in [0.2, 0.25) is 0 Å². The van der Waals surface area contributed by atoms with Gasteiger partial charge < -0.3 is 9.73 Å². The molecule has 0 atom stereocenters. The highest BCUT2D eigenvalue weighted by Gasteiger charge is 2.35. The Bertz CT molecular complexity index is 275. The van der Waals surface area contributed by atoms with Crippen molar-refractivity contribution in [1.82, 2.24) is 5.32 Å². The third-order valence-electron chi connectivity index (χ3n) is 3.60. The third-order valence-corrected chi connectivity index (χ3v) is 3.60. The van der Waals surface area contributed by atoms with Gasteiger partial charge in [-0.2, -0.15) is 0 Å². The molecule has 2 heteroatoms. The Hall–Kier alpha value is -0.760. The molecule has 1 fully saturated rings. The third kappa shape index (κ3) is 2.63. The van der Waals surface area contributed by atoms with Crippen molar-refractivity contribution < 1.29 is 4.42 Å². The summed E-state index contributed by atoms with van der Waals surface area (Å²) >= 11 is 0. The van der Waals surface area contributed by atoms with E-state index in [1.807, 2.05) is 12.3 Å². The summed E-state index contributed by atoms with van der Waals surface area (Å²) in [4.78, 5) is 0. The van der Waals surface area contributed by atoms with Crippen LogP contribution < -0.4 is 5.32 Å². The molecule has 1 aromatic rings. The van der Waals surface area contributed by atoms with Gasteiger partial charge in [0.1, 0.15) is 0 Å². The molecular weight excluding hydrogens is 186 g/mol. The molecule has 84 valence electrons. The van der Waals surface area contributed by atoms with E-state index < -0.39 is 0 Å². The molecule has 15 heavy (non-hydrogen) atoms. The van der Waals surface area contributed by atoms with E-state index >= 15 is 0 Å². The van der Waals surface area contributed by atoms with Gasteiger partial charge in [0, 0.05) is 18.7 Å². The maximum absolute atomic E-state index is 5.04. The van der Waals surface area contributed by atoms with Crippen molar-refractivity contribution >= 4 is 0 Å². The zero-order valence-electron chi connectivity index (χ0n) is 9.59. The summed E-state index contributed by atoms with van der Waals surface area (Å²) in [6.45, 7) is 4.41. The van der Waals surface area contributed by atoms with Crippen LogP contribution >= 0.6 is 0 Å². The summed E-state index contributed by atoms with van der Waals surface area (Å²) in [6, 6.07) is 2.03. The van der Waals surface area contributed by atoms with Crippen molar-refractivity contribution in [1.29, 1.82) is 0 Å². The van der Waals surface area contributed by atoms with E-state index in [2.05, 4.69) is 12.2 Å². The second-order valence-corrected chi connectivity index (χ2v) is 4.84. The van der Waals surface area contributed by atoms with Crippen molar-refractivity contribution in [2.24, 2.45) is 5.41 Å². The Balaban J connectivity index is 1.72. The molecule has 0 unspecified atom stereocenters. The molecule has 1 aromatic heterocycles. The van der Waals surface area contributed by atoms with Gasteiger partial charge >= 0.3 is 0 Å². The highest BCUT2D eigenvalue weighted by molar-refractivity contribution is 5.04. The summed E-state index contributed by atoms with van der Waals surface area (Å²) in [7, 11) is 0. The molecule has 0 aromatic carbocycles. The highest BCUT2D eigenvalue weighted by Crippen LogP contribution is 2.44. The second kappa shape index (κ2) is 4.84. The van der Waals surface area contributed by atoms with E-state index in [0.717, 1.165) is 6.54 Å². The van der Waals surface area contributed by atoms with Crippen molar-refractivity contribution in [3.05, 3.63) is 24.2 Å². The van der Waals surface area contributed by atoms with E-state index in [-0.39, 0.29) is 0 Å². The van der Waals surface area contributed by atoms with Crippen LogP contribution in [0.5, 0.6) is 0 Å². The van der Waals surface area contributed by atoms with E-state index in [0.29, 0.717) is 5.41 Å². The van der Waals surface area contributed by atoms with Crippen LogP contribution in [0, 0.1) is 5.41 Å². The smallest absolute Gasteiger partial charge is 0.0947 e. The van der Waals surface area contributed by atoms with Crippen molar-refractivity contribution in [3.8, 4) is 0 Å². The summed E-state index contributed by atoms with van der Waals surface area (Å²) in [5.74, 6) is 0. The monoisotopic (exact) mass is 207 g/mol. The minimum absolute atomic E-state index is 0.623. The van der Waals surface area contributed by atoms with E-state index in [4.69, 9.17) is 4.42 Å². The maximum atomic E-state index is 5.04. The zero-order chi connectivity index (χ0) is 10.6. The normalized spacial score (nSPS) is 18.7. The average molecular weight is 207 g/mol. The Kier molecular flexibility index (Phi) is 3.47. The van der Waals surface area contributed by atoms with Crippen LogP contribution in [0.25, 0.3) is 0 Å². The molecule has 1 aliphatic carbocycles. The van der Waals surface area contributed by atoms with Gasteiger partial charge in [0.15, 0.2) is 0 Å². The molecule has 0 amide bonds. The number of nitrogens with one attached hydrogen (secondary N) is 1. The average Bonchev–Trinajstić information content (AvgIpc) is 2.67. The molecule has 1 saturated carbocycles. The molecule has 0 spiro atoms. The van der Waals surface area contributed by atoms with Crippen molar-refractivity contribution in [3.63, 3.8) is 0 Å². The number of hydrogen-bond acceptors (Lipinski definition) is 2. The molecular formula is C13H21NO. The lowest BCUT2D eigenvalue weighted by Gasteiger charge is -2.42. The number of rotatable bonds is 6. The molecule has 0 bridgehead atoms. The first-order valence-electron chi connectivity index (χ1n) is 6.06. The summed E-state index contributed by atoms with van der Waals surface area (Å²) in [5.41, 5.74) is 1.87. The standard InChI is InChI=1S/C13H21NO/c1-2-5-13(6-3-7-13)11-14-9-12-4-8-15-10-12/h4,8,10,14H,2-3,5-7,9,11H2,1H3. The molecule has 0 radical (unpaired) electrons. The predicted molar refractivity (Wildman–Crippen MR) is 61.6 cm³/mol. The number of hydrogen-bond donors (Lipinski definition) is 1. The van der Waals surface area contributed by atoms with Crippen molar-refractivity contribution in [2.75, 3.05) is 6.54 Å². The van der Waals surface area contributed by atoms with Crippen molar-refractivity contribution in [2.45, 2.75) is 45.6 Å². The van der Waals surface area contributed by atoms with Gasteiger partial charge in [-0.05, 0) is 30.7 Å². The highest BCUT2D eigenvalue weighted by atomic mass is 16.3. The molecule has 1 aliphatic rings. The van der Waals surface area contributed by atoms with Crippen LogP contribution in [0.3, 0.4) is 0 Å². The number of furan rings is 1. The van der Waals surface area contributed by atoms with Gasteiger partial charge in [-0.3, -0.25) is 0 Å². The lowest BCUT2D eigenvalue weighted by Crippen LogP contribution is -2.39. The van der Waals surface area contributed by atoms with Gasteiger partial charge in [0.2, 0.25) is 0 Å². The van der Waals surface area contributed by atoms with Crippen LogP contribution in [0.4, 0.5) is 0 Å². The Morgan fingerprint density at radius 1 is 1.47 bits per heavy atom. The molecule has 1 N–H and O–H groups in total. The van der Waals surface area contributed by atoms with Crippen LogP contribution in [-0.4, -0.2) is 6.54 Å². The lowest BCUT2D eigenvalue weighted by molar-refractivity contribution is 0.115. The summed E-state index contributed by atoms with van der Waals surface area (Å²) < 4.78 is 5.04. The molecule has 0 saturated heterocycles. The van der Waals surface area contributed by atoms with Gasteiger partial charge in [0.05, 0.1) is 12.5 Å². The van der Waals surface area contributed by atoms with Crippen LogP contribution in [0.15, 0.2) is 23.0 Å². The summed E-state index contributed by atoms with van der Waals surface area (Å²) in [5, 5.41) is 3.56. The van der Waals surface area contributed by atoms with Crippen LogP contribution in [0.1, 0.15) is 44.6 Å². The second-order valence-electron chi connectivity index (χ2n) is 4.84. The fraction of sp³-hybridized carbons (Fsp3) is 0.692. The largest absolute Gasteiger partial charge is 0.472 e. The molecule has 0 aliphatic heterocycles. The Labute approximate surface area is 92.1 Å². The predicted octanol–water partition coefficient (Wildman–Crippen LogP) is 3.34. The van der Waals surface area contributed by atoms with E-state index in [1.54, 1.807) is 6.26 Å².